The van der Waals surface area contributed by atoms with Gasteiger partial charge in [-0.1, -0.05) is 5.16 Å². The van der Waals surface area contributed by atoms with Crippen LogP contribution in [0.25, 0.3) is 0 Å². The molecule has 18 heteroatoms. The fraction of sp³-hybridized carbons (Fsp3) is 0.296. The summed E-state index contributed by atoms with van der Waals surface area (Å²) in [6, 6.07) is 4.44. The number of hydrogen-bond acceptors (Lipinski definition) is 13. The third kappa shape index (κ3) is 6.34. The Hall–Kier alpha value is -4.55. The number of oxime groups is 1. The molecular formula is C27H26N7O8S3+. The highest BCUT2D eigenvalue weighted by Crippen LogP contribution is 2.41. The molecule has 2 fully saturated rings. The Kier molecular flexibility index (Phi) is 8.43. The average molecular weight is 673 g/mol. The van der Waals surface area contributed by atoms with Gasteiger partial charge in [-0.15, -0.1) is 34.9 Å². The van der Waals surface area contributed by atoms with E-state index in [0.29, 0.717) is 27.9 Å². The molecule has 0 radical (unpaired) electrons. The highest BCUT2D eigenvalue weighted by molar-refractivity contribution is 8.01. The maximum Gasteiger partial charge on any atom is 0.352 e. The monoisotopic (exact) mass is 672 g/mol. The number of aliphatic carboxylic acids is 1. The molecule has 15 nitrogen and oxygen atoms in total. The highest BCUT2D eigenvalue weighted by Gasteiger charge is 2.54. The Morgan fingerprint density at radius 1 is 1.27 bits per heavy atom. The summed E-state index contributed by atoms with van der Waals surface area (Å²) in [7, 11) is 0. The number of amides is 2. The summed E-state index contributed by atoms with van der Waals surface area (Å²) in [5.41, 5.74) is 5.14. The van der Waals surface area contributed by atoms with E-state index in [1.807, 2.05) is 24.5 Å². The summed E-state index contributed by atoms with van der Waals surface area (Å²) in [6.45, 7) is -0.464. The number of carbonyl (C=O) groups excluding carboxylic acids is 2. The third-order valence-electron chi connectivity index (χ3n) is 7.18. The number of thioether (sulfide) groups is 2. The molecular weight excluding hydrogens is 647 g/mol. The predicted octanol–water partition coefficient (Wildman–Crippen LogP) is 0.904. The third-order valence-corrected chi connectivity index (χ3v) is 10.3. The lowest BCUT2D eigenvalue weighted by Crippen LogP contribution is -2.71. The SMILES string of the molecule is Nc1nc(/C(=N/OCc2cc(=O)c(O)cn2O)C(=O)N[C@@H]2C(=O)N3C(C(=O)O)=C(CSc4cc[n+](C5CC5)cc4)CS[C@H]23)cs1. The van der Waals surface area contributed by atoms with Crippen LogP contribution in [0.5, 0.6) is 5.75 Å². The molecule has 0 unspecified atom stereocenters. The zero-order valence-electron chi connectivity index (χ0n) is 23.2. The second-order valence-corrected chi connectivity index (χ2v) is 13.3. The molecule has 6 N–H and O–H groups in total. The number of nitrogen functional groups attached to an aromatic ring is 1. The van der Waals surface area contributed by atoms with Gasteiger partial charge in [-0.25, -0.2) is 14.3 Å². The average Bonchev–Trinajstić information content (AvgIpc) is 3.78. The van der Waals surface area contributed by atoms with E-state index in [2.05, 4.69) is 20.0 Å². The normalized spacial score (nSPS) is 19.6. The number of nitrogens with one attached hydrogen (secondary N) is 1. The molecule has 2 amide bonds. The van der Waals surface area contributed by atoms with Crippen molar-refractivity contribution < 1.29 is 39.2 Å². The number of carboxylic acid groups (broad SMARTS) is 1. The number of pyridine rings is 2. The molecule has 1 saturated heterocycles. The minimum atomic E-state index is -1.22. The van der Waals surface area contributed by atoms with Crippen LogP contribution in [0.1, 0.15) is 30.3 Å². The molecule has 2 atom stereocenters. The van der Waals surface area contributed by atoms with Crippen LogP contribution in [0.3, 0.4) is 0 Å². The van der Waals surface area contributed by atoms with Gasteiger partial charge in [0.05, 0.1) is 6.20 Å². The number of anilines is 1. The van der Waals surface area contributed by atoms with Crippen molar-refractivity contribution in [3.63, 3.8) is 0 Å². The topological polar surface area (TPSA) is 214 Å². The Morgan fingerprint density at radius 3 is 2.69 bits per heavy atom. The van der Waals surface area contributed by atoms with Crippen LogP contribution in [-0.2, 0) is 25.8 Å². The lowest BCUT2D eigenvalue weighted by Gasteiger charge is -2.49. The molecule has 5 heterocycles. The van der Waals surface area contributed by atoms with Gasteiger partial charge in [-0.2, -0.15) is 4.73 Å². The first-order valence-corrected chi connectivity index (χ1v) is 16.4. The fourth-order valence-corrected chi connectivity index (χ4v) is 7.65. The van der Waals surface area contributed by atoms with Gasteiger partial charge in [-0.3, -0.25) is 19.3 Å². The summed E-state index contributed by atoms with van der Waals surface area (Å²) < 4.78 is 2.63. The number of fused-ring (bicyclic) bond motifs is 1. The molecule has 0 spiro atoms. The van der Waals surface area contributed by atoms with Crippen molar-refractivity contribution in [2.75, 3.05) is 17.2 Å². The van der Waals surface area contributed by atoms with Crippen molar-refractivity contribution in [3.05, 3.63) is 75.1 Å². The number of hydrogen-bond donors (Lipinski definition) is 5. The fourth-order valence-electron chi connectivity index (χ4n) is 4.74. The first kappa shape index (κ1) is 30.5. The number of carbonyl (C=O) groups is 3. The summed E-state index contributed by atoms with van der Waals surface area (Å²) in [5.74, 6) is -2.58. The quantitative estimate of drug-likeness (QED) is 0.0480. The number of rotatable bonds is 11. The number of thiazole rings is 1. The largest absolute Gasteiger partial charge is 0.503 e. The van der Waals surface area contributed by atoms with E-state index in [-0.39, 0.29) is 27.9 Å². The van der Waals surface area contributed by atoms with Gasteiger partial charge in [0.2, 0.25) is 5.43 Å². The van der Waals surface area contributed by atoms with Crippen molar-refractivity contribution in [1.29, 1.82) is 0 Å². The summed E-state index contributed by atoms with van der Waals surface area (Å²) in [5, 5.41) is 36.7. The van der Waals surface area contributed by atoms with E-state index in [0.717, 1.165) is 28.5 Å². The number of carboxylic acids is 1. The molecule has 3 aromatic heterocycles. The van der Waals surface area contributed by atoms with Gasteiger partial charge in [0.1, 0.15) is 28.5 Å². The van der Waals surface area contributed by atoms with E-state index in [1.54, 1.807) is 0 Å². The maximum absolute atomic E-state index is 13.3. The lowest BCUT2D eigenvalue weighted by molar-refractivity contribution is -0.700. The van der Waals surface area contributed by atoms with Crippen molar-refractivity contribution in [2.24, 2.45) is 5.16 Å². The van der Waals surface area contributed by atoms with E-state index < -0.39 is 47.0 Å². The zero-order chi connectivity index (χ0) is 31.8. The van der Waals surface area contributed by atoms with Gasteiger partial charge >= 0.3 is 5.97 Å². The van der Waals surface area contributed by atoms with E-state index in [9.17, 15) is 34.6 Å². The first-order valence-electron chi connectivity index (χ1n) is 13.5. The summed E-state index contributed by atoms with van der Waals surface area (Å²) in [4.78, 5) is 62.0. The van der Waals surface area contributed by atoms with Gasteiger partial charge in [0.15, 0.2) is 41.6 Å². The van der Waals surface area contributed by atoms with Gasteiger partial charge < -0.3 is 31.3 Å². The van der Waals surface area contributed by atoms with Crippen molar-refractivity contribution >= 4 is 63.5 Å². The van der Waals surface area contributed by atoms with Crippen molar-refractivity contribution in [1.82, 2.24) is 19.9 Å². The molecule has 0 bridgehead atoms. The number of aromatic hydroxyl groups is 1. The van der Waals surface area contributed by atoms with E-state index in [1.165, 1.54) is 46.6 Å². The Labute approximate surface area is 267 Å². The Morgan fingerprint density at radius 2 is 2.02 bits per heavy atom. The molecule has 6 rings (SSSR count). The van der Waals surface area contributed by atoms with Gasteiger partial charge in [-0.05, 0) is 5.57 Å². The minimum absolute atomic E-state index is 0.0519. The van der Waals surface area contributed by atoms with Crippen LogP contribution < -0.4 is 21.0 Å². The molecule has 45 heavy (non-hydrogen) atoms. The van der Waals surface area contributed by atoms with E-state index in [4.69, 9.17) is 10.6 Å². The van der Waals surface area contributed by atoms with E-state index >= 15 is 0 Å². The zero-order valence-corrected chi connectivity index (χ0v) is 25.7. The standard InChI is InChI=1S/C27H25N7O8S3/c28-27-29-17(12-45-27)20(31-42-9-15-7-18(35)19(36)8-33(15)41)23(37)30-21-24(38)34-22(26(39)40)13(11-44-25(21)34)10-43-16-3-5-32(6-4-16)14-1-2-14/h3-8,12,14,21,25,41H,1-2,9-11H2,(H4-,28,29,30,36,37,39,40)/p+1/b31-20-/t21-,25-/m1/s1. The maximum atomic E-state index is 13.3. The summed E-state index contributed by atoms with van der Waals surface area (Å²) in [6.07, 6.45) is 7.17. The van der Waals surface area contributed by atoms with Crippen molar-refractivity contribution in [2.45, 2.75) is 41.8 Å². The van der Waals surface area contributed by atoms with Crippen LogP contribution in [0.15, 0.2) is 68.3 Å². The second kappa shape index (κ2) is 12.4. The van der Waals surface area contributed by atoms with Crippen LogP contribution in [0.4, 0.5) is 5.13 Å². The number of β-lactam (4-membered cyclic amide) rings is 1. The molecule has 1 aliphatic carbocycles. The number of nitrogens with zero attached hydrogens (tertiary/aromatic N) is 5. The van der Waals surface area contributed by atoms with Crippen LogP contribution in [0, 0.1) is 0 Å². The van der Waals surface area contributed by atoms with Crippen LogP contribution in [0.2, 0.25) is 0 Å². The second-order valence-electron chi connectivity index (χ2n) is 10.3. The summed E-state index contributed by atoms with van der Waals surface area (Å²) >= 11 is 3.87. The smallest absolute Gasteiger partial charge is 0.352 e. The first-order chi connectivity index (χ1) is 21.6. The number of aromatic nitrogens is 3. The number of nitrogens with two attached hydrogens (primary N) is 1. The lowest BCUT2D eigenvalue weighted by atomic mass is 10.0. The molecule has 3 aliphatic rings. The van der Waals surface area contributed by atoms with Gasteiger partial charge in [0, 0.05) is 52.8 Å². The van der Waals surface area contributed by atoms with Crippen LogP contribution >= 0.6 is 34.9 Å². The predicted molar refractivity (Wildman–Crippen MR) is 163 cm³/mol. The van der Waals surface area contributed by atoms with Crippen molar-refractivity contribution in [3.8, 4) is 5.75 Å². The molecule has 0 aromatic carbocycles. The van der Waals surface area contributed by atoms with Gasteiger partial charge in [0.25, 0.3) is 11.8 Å². The Bertz CT molecular complexity index is 1800. The molecule has 234 valence electrons. The molecule has 1 saturated carbocycles. The highest BCUT2D eigenvalue weighted by atomic mass is 32.2. The molecule has 2 aliphatic heterocycles. The van der Waals surface area contributed by atoms with Crippen LogP contribution in [-0.4, -0.2) is 76.5 Å². The Balaban J connectivity index is 1.14. The minimum Gasteiger partial charge on any atom is -0.503 e. The molecule has 3 aromatic rings.